The maximum absolute atomic E-state index is 13.8. The molecule has 1 aromatic rings. The summed E-state index contributed by atoms with van der Waals surface area (Å²) in [5, 5.41) is 0. The van der Waals surface area contributed by atoms with Crippen LogP contribution in [0.1, 0.15) is 128 Å². The topological polar surface area (TPSA) is 74.8 Å². The van der Waals surface area contributed by atoms with Crippen LogP contribution in [0.4, 0.5) is 11.4 Å². The lowest BCUT2D eigenvalue weighted by atomic mass is 9.85. The Hall–Kier alpha value is -2.50. The average molecular weight is 549 g/mol. The lowest BCUT2D eigenvalue weighted by Crippen LogP contribution is -2.46. The quantitative estimate of drug-likeness (QED) is 0.341. The Morgan fingerprint density at radius 1 is 0.375 bits per heavy atom. The van der Waals surface area contributed by atoms with Crippen LogP contribution in [0.3, 0.4) is 0 Å². The number of hydrogen-bond acceptors (Lipinski definition) is 4. The second kappa shape index (κ2) is 13.9. The maximum atomic E-state index is 13.8. The van der Waals surface area contributed by atoms with Gasteiger partial charge in [0.15, 0.2) is 0 Å². The molecular formula is C34H48N2O4. The fourth-order valence-corrected chi connectivity index (χ4v) is 7.61. The summed E-state index contributed by atoms with van der Waals surface area (Å²) in [5.41, 5.74) is 1.15. The van der Waals surface area contributed by atoms with Gasteiger partial charge in [-0.3, -0.25) is 29.0 Å². The predicted molar refractivity (Wildman–Crippen MR) is 158 cm³/mol. The number of anilines is 2. The van der Waals surface area contributed by atoms with Crippen LogP contribution < -0.4 is 9.80 Å². The molecule has 4 aliphatic carbocycles. The summed E-state index contributed by atoms with van der Waals surface area (Å²) in [6.07, 6.45) is 19.5. The Bertz CT molecular complexity index is 884. The van der Waals surface area contributed by atoms with Gasteiger partial charge in [0, 0.05) is 23.7 Å². The Labute approximate surface area is 240 Å². The minimum atomic E-state index is -0.113. The zero-order valence-electron chi connectivity index (χ0n) is 24.3. The van der Waals surface area contributed by atoms with Gasteiger partial charge in [0.05, 0.1) is 11.4 Å². The van der Waals surface area contributed by atoms with E-state index in [1.165, 1.54) is 9.80 Å². The number of carbonyl (C=O) groups excluding carboxylic acids is 4. The summed E-state index contributed by atoms with van der Waals surface area (Å²) in [6.45, 7) is 0. The molecule has 0 saturated heterocycles. The van der Waals surface area contributed by atoms with Crippen molar-refractivity contribution in [3.05, 3.63) is 24.3 Å². The van der Waals surface area contributed by atoms with E-state index in [1.54, 1.807) is 24.3 Å². The Morgan fingerprint density at radius 3 is 0.775 bits per heavy atom. The average Bonchev–Trinajstić information content (AvgIpc) is 3.03. The first-order valence-corrected chi connectivity index (χ1v) is 16.4. The van der Waals surface area contributed by atoms with E-state index in [4.69, 9.17) is 0 Å². The van der Waals surface area contributed by atoms with Gasteiger partial charge in [-0.2, -0.15) is 0 Å². The third-order valence-corrected chi connectivity index (χ3v) is 10.1. The molecule has 4 fully saturated rings. The third kappa shape index (κ3) is 6.69. The molecule has 4 amide bonds. The molecule has 218 valence electrons. The first kappa shape index (κ1) is 29.0. The van der Waals surface area contributed by atoms with Crippen molar-refractivity contribution in [3.8, 4) is 0 Å². The summed E-state index contributed by atoms with van der Waals surface area (Å²) >= 11 is 0. The van der Waals surface area contributed by atoms with E-state index in [9.17, 15) is 19.2 Å². The maximum Gasteiger partial charge on any atom is 0.236 e. The third-order valence-electron chi connectivity index (χ3n) is 10.1. The van der Waals surface area contributed by atoms with Gasteiger partial charge in [0.1, 0.15) is 0 Å². The molecule has 0 unspecified atom stereocenters. The van der Waals surface area contributed by atoms with Gasteiger partial charge in [0.2, 0.25) is 23.6 Å². The van der Waals surface area contributed by atoms with E-state index in [2.05, 4.69) is 0 Å². The summed E-state index contributed by atoms with van der Waals surface area (Å²) in [7, 11) is 0. The van der Waals surface area contributed by atoms with Gasteiger partial charge < -0.3 is 0 Å². The van der Waals surface area contributed by atoms with Crippen LogP contribution in [0, 0.1) is 23.7 Å². The number of rotatable bonds is 6. The Morgan fingerprint density at radius 2 is 0.575 bits per heavy atom. The highest BCUT2D eigenvalue weighted by Gasteiger charge is 2.37. The molecule has 0 atom stereocenters. The van der Waals surface area contributed by atoms with Crippen LogP contribution in [-0.4, -0.2) is 23.6 Å². The second-order valence-corrected chi connectivity index (χ2v) is 12.9. The normalized spacial score (nSPS) is 22.0. The van der Waals surface area contributed by atoms with E-state index in [-0.39, 0.29) is 47.3 Å². The van der Waals surface area contributed by atoms with Gasteiger partial charge in [-0.15, -0.1) is 0 Å². The molecule has 4 saturated carbocycles. The fourth-order valence-electron chi connectivity index (χ4n) is 7.61. The van der Waals surface area contributed by atoms with E-state index in [1.807, 2.05) is 0 Å². The molecule has 0 radical (unpaired) electrons. The Kier molecular flexibility index (Phi) is 10.1. The Balaban J connectivity index is 1.43. The van der Waals surface area contributed by atoms with Crippen molar-refractivity contribution >= 4 is 35.0 Å². The van der Waals surface area contributed by atoms with Gasteiger partial charge in [-0.1, -0.05) is 77.0 Å². The van der Waals surface area contributed by atoms with Crippen LogP contribution in [0.5, 0.6) is 0 Å². The predicted octanol–water partition coefficient (Wildman–Crippen LogP) is 7.73. The zero-order chi connectivity index (χ0) is 27.9. The largest absolute Gasteiger partial charge is 0.274 e. The molecule has 0 heterocycles. The molecule has 0 aliphatic heterocycles. The number of imide groups is 2. The van der Waals surface area contributed by atoms with Gasteiger partial charge in [-0.25, -0.2) is 0 Å². The fraction of sp³-hybridized carbons (Fsp3) is 0.706. The van der Waals surface area contributed by atoms with Crippen molar-refractivity contribution < 1.29 is 19.2 Å². The van der Waals surface area contributed by atoms with Gasteiger partial charge >= 0.3 is 0 Å². The standard InChI is InChI=1S/C34H48N2O4/c37-31(25-13-5-1-6-14-25)35(32(38)26-15-7-2-8-16-26)29-21-23-30(24-22-29)36(33(39)27-17-9-3-10-18-27)34(40)28-19-11-4-12-20-28/h21-28H,1-20H2. The lowest BCUT2D eigenvalue weighted by Gasteiger charge is -2.33. The van der Waals surface area contributed by atoms with E-state index < -0.39 is 0 Å². The molecule has 40 heavy (non-hydrogen) atoms. The highest BCUT2D eigenvalue weighted by molar-refractivity contribution is 6.18. The van der Waals surface area contributed by atoms with Crippen LogP contribution >= 0.6 is 0 Å². The summed E-state index contributed by atoms with van der Waals surface area (Å²) in [4.78, 5) is 58.2. The highest BCUT2D eigenvalue weighted by Crippen LogP contribution is 2.35. The monoisotopic (exact) mass is 548 g/mol. The minimum Gasteiger partial charge on any atom is -0.274 e. The molecule has 0 N–H and O–H groups in total. The summed E-state index contributed by atoms with van der Waals surface area (Å²) in [5.74, 6) is -0.742. The SMILES string of the molecule is O=C(C1CCCCC1)N(C(=O)C1CCCCC1)c1ccc(N(C(=O)C2CCCCC2)C(=O)C2CCCCC2)cc1. The second-order valence-electron chi connectivity index (χ2n) is 12.9. The van der Waals surface area contributed by atoms with E-state index >= 15 is 0 Å². The van der Waals surface area contributed by atoms with Gasteiger partial charge in [-0.05, 0) is 75.6 Å². The molecule has 6 nitrogen and oxygen atoms in total. The first-order valence-electron chi connectivity index (χ1n) is 16.4. The molecule has 6 heteroatoms. The molecule has 0 spiro atoms. The molecular weight excluding hydrogens is 500 g/mol. The van der Waals surface area contributed by atoms with Crippen LogP contribution in [0.25, 0.3) is 0 Å². The smallest absolute Gasteiger partial charge is 0.236 e. The number of benzene rings is 1. The molecule has 1 aromatic carbocycles. The first-order chi connectivity index (χ1) is 19.5. The minimum absolute atomic E-state index is 0.0727. The molecule has 5 rings (SSSR count). The lowest BCUT2D eigenvalue weighted by molar-refractivity contribution is -0.133. The van der Waals surface area contributed by atoms with Crippen LogP contribution in [0.2, 0.25) is 0 Å². The molecule has 0 bridgehead atoms. The van der Waals surface area contributed by atoms with Gasteiger partial charge in [0.25, 0.3) is 0 Å². The van der Waals surface area contributed by atoms with Crippen molar-refractivity contribution in [2.45, 2.75) is 128 Å². The number of amides is 4. The van der Waals surface area contributed by atoms with Crippen molar-refractivity contribution in [1.82, 2.24) is 0 Å². The zero-order valence-corrected chi connectivity index (χ0v) is 24.3. The highest BCUT2D eigenvalue weighted by atomic mass is 16.2. The summed E-state index contributed by atoms with van der Waals surface area (Å²) in [6, 6.07) is 7.19. The van der Waals surface area contributed by atoms with Crippen molar-refractivity contribution in [2.24, 2.45) is 23.7 Å². The van der Waals surface area contributed by atoms with Crippen LogP contribution in [0.15, 0.2) is 24.3 Å². The van der Waals surface area contributed by atoms with E-state index in [0.717, 1.165) is 128 Å². The van der Waals surface area contributed by atoms with Crippen molar-refractivity contribution in [1.29, 1.82) is 0 Å². The number of nitrogens with zero attached hydrogens (tertiary/aromatic N) is 2. The molecule has 4 aliphatic rings. The number of hydrogen-bond donors (Lipinski definition) is 0. The van der Waals surface area contributed by atoms with Crippen molar-refractivity contribution in [2.75, 3.05) is 9.80 Å². The van der Waals surface area contributed by atoms with Crippen molar-refractivity contribution in [3.63, 3.8) is 0 Å². The van der Waals surface area contributed by atoms with Crippen LogP contribution in [-0.2, 0) is 19.2 Å². The summed E-state index contributed by atoms with van der Waals surface area (Å²) < 4.78 is 0. The van der Waals surface area contributed by atoms with E-state index in [0.29, 0.717) is 11.4 Å². The molecule has 0 aromatic heterocycles. The number of carbonyl (C=O) groups is 4.